The molecule has 1 aromatic carbocycles. The van der Waals surface area contributed by atoms with E-state index in [-0.39, 0.29) is 19.1 Å². The molecular formula is C17H24N2O4. The third kappa shape index (κ3) is 4.45. The number of aliphatic hydroxyl groups excluding tert-OH is 1. The standard InChI is InChI=1S/C17H24N2O4/c1-2-18(11-12-20)16(21)15-9-6-10-19(15)17(22)23-13-14-7-4-3-5-8-14/h3-5,7-8,15,20H,2,6,9-13H2,1H3. The van der Waals surface area contributed by atoms with Gasteiger partial charge in [0.05, 0.1) is 6.61 Å². The van der Waals surface area contributed by atoms with Gasteiger partial charge in [-0.05, 0) is 25.3 Å². The Labute approximate surface area is 136 Å². The Bertz CT molecular complexity index is 521. The Morgan fingerprint density at radius 1 is 1.35 bits per heavy atom. The smallest absolute Gasteiger partial charge is 0.410 e. The highest BCUT2D eigenvalue weighted by atomic mass is 16.6. The number of carbonyl (C=O) groups is 2. The second-order valence-corrected chi connectivity index (χ2v) is 5.53. The van der Waals surface area contributed by atoms with Crippen molar-refractivity contribution in [1.82, 2.24) is 9.80 Å². The minimum absolute atomic E-state index is 0.0786. The first-order valence-corrected chi connectivity index (χ1v) is 8.04. The highest BCUT2D eigenvalue weighted by Crippen LogP contribution is 2.21. The number of hydrogen-bond acceptors (Lipinski definition) is 4. The average Bonchev–Trinajstić information content (AvgIpc) is 3.07. The molecule has 1 aliphatic rings. The molecule has 1 heterocycles. The van der Waals surface area contributed by atoms with Crippen molar-refractivity contribution >= 4 is 12.0 Å². The van der Waals surface area contributed by atoms with E-state index >= 15 is 0 Å². The van der Waals surface area contributed by atoms with Crippen molar-refractivity contribution in [1.29, 1.82) is 0 Å². The lowest BCUT2D eigenvalue weighted by Crippen LogP contribution is -2.48. The number of amides is 2. The molecule has 1 N–H and O–H groups in total. The number of hydrogen-bond donors (Lipinski definition) is 1. The van der Waals surface area contributed by atoms with E-state index in [2.05, 4.69) is 0 Å². The van der Waals surface area contributed by atoms with Gasteiger partial charge in [0.25, 0.3) is 0 Å². The van der Waals surface area contributed by atoms with E-state index in [9.17, 15) is 9.59 Å². The first-order valence-electron chi connectivity index (χ1n) is 8.04. The first kappa shape index (κ1) is 17.3. The monoisotopic (exact) mass is 320 g/mol. The van der Waals surface area contributed by atoms with Crippen LogP contribution < -0.4 is 0 Å². The Kier molecular flexibility index (Phi) is 6.40. The normalized spacial score (nSPS) is 17.1. The van der Waals surface area contributed by atoms with Crippen LogP contribution in [0.15, 0.2) is 30.3 Å². The summed E-state index contributed by atoms with van der Waals surface area (Å²) in [4.78, 5) is 27.9. The summed E-state index contributed by atoms with van der Waals surface area (Å²) in [7, 11) is 0. The van der Waals surface area contributed by atoms with E-state index in [1.165, 1.54) is 4.90 Å². The number of likely N-dealkylation sites (N-methyl/N-ethyl adjacent to an activating group) is 1. The molecule has 2 rings (SSSR count). The Balaban J connectivity index is 1.94. The molecule has 2 amide bonds. The van der Waals surface area contributed by atoms with E-state index < -0.39 is 12.1 Å². The van der Waals surface area contributed by atoms with Crippen LogP contribution in [0, 0.1) is 0 Å². The van der Waals surface area contributed by atoms with Gasteiger partial charge < -0.3 is 14.7 Å². The zero-order valence-corrected chi connectivity index (χ0v) is 13.5. The van der Waals surface area contributed by atoms with E-state index in [0.717, 1.165) is 12.0 Å². The molecule has 1 aromatic rings. The SMILES string of the molecule is CCN(CCO)C(=O)C1CCCN1C(=O)OCc1ccccc1. The molecule has 0 aromatic heterocycles. The molecule has 0 radical (unpaired) electrons. The lowest BCUT2D eigenvalue weighted by atomic mass is 10.2. The summed E-state index contributed by atoms with van der Waals surface area (Å²) < 4.78 is 5.33. The highest BCUT2D eigenvalue weighted by Gasteiger charge is 2.36. The molecule has 1 unspecified atom stereocenters. The molecule has 126 valence electrons. The minimum atomic E-state index is -0.482. The van der Waals surface area contributed by atoms with Gasteiger partial charge in [0.1, 0.15) is 12.6 Å². The molecule has 0 spiro atoms. The fraction of sp³-hybridized carbons (Fsp3) is 0.529. The van der Waals surface area contributed by atoms with Gasteiger partial charge in [-0.2, -0.15) is 0 Å². The molecule has 6 nitrogen and oxygen atoms in total. The second-order valence-electron chi connectivity index (χ2n) is 5.53. The van der Waals surface area contributed by atoms with Gasteiger partial charge in [-0.1, -0.05) is 30.3 Å². The van der Waals surface area contributed by atoms with Gasteiger partial charge in [0.2, 0.25) is 5.91 Å². The van der Waals surface area contributed by atoms with Gasteiger partial charge in [-0.25, -0.2) is 4.79 Å². The van der Waals surface area contributed by atoms with Crippen molar-refractivity contribution in [2.75, 3.05) is 26.2 Å². The predicted octanol–water partition coefficient (Wildman–Crippen LogP) is 1.63. The van der Waals surface area contributed by atoms with E-state index in [4.69, 9.17) is 9.84 Å². The third-order valence-corrected chi connectivity index (χ3v) is 4.04. The topological polar surface area (TPSA) is 70.1 Å². The van der Waals surface area contributed by atoms with Crippen LogP contribution in [0.4, 0.5) is 4.79 Å². The zero-order chi connectivity index (χ0) is 16.7. The molecule has 1 fully saturated rings. The quantitative estimate of drug-likeness (QED) is 0.865. The summed E-state index contributed by atoms with van der Waals surface area (Å²) in [6.45, 7) is 3.32. The number of carbonyl (C=O) groups excluding carboxylic acids is 2. The van der Waals surface area contributed by atoms with Crippen LogP contribution in [0.1, 0.15) is 25.3 Å². The highest BCUT2D eigenvalue weighted by molar-refractivity contribution is 5.86. The van der Waals surface area contributed by atoms with Crippen LogP contribution in [0.5, 0.6) is 0 Å². The van der Waals surface area contributed by atoms with Crippen LogP contribution >= 0.6 is 0 Å². The average molecular weight is 320 g/mol. The molecule has 1 atom stereocenters. The van der Waals surface area contributed by atoms with Gasteiger partial charge in [0.15, 0.2) is 0 Å². The van der Waals surface area contributed by atoms with Crippen molar-refractivity contribution in [3.05, 3.63) is 35.9 Å². The molecular weight excluding hydrogens is 296 g/mol. The summed E-state index contributed by atoms with van der Waals surface area (Å²) >= 11 is 0. The summed E-state index contributed by atoms with van der Waals surface area (Å²) in [5.41, 5.74) is 0.915. The number of nitrogens with zero attached hydrogens (tertiary/aromatic N) is 2. The maximum Gasteiger partial charge on any atom is 0.410 e. The van der Waals surface area contributed by atoms with Crippen molar-refractivity contribution in [3.8, 4) is 0 Å². The first-order chi connectivity index (χ1) is 11.2. The molecule has 1 saturated heterocycles. The lowest BCUT2D eigenvalue weighted by molar-refractivity contribution is -0.135. The molecule has 0 saturated carbocycles. The van der Waals surface area contributed by atoms with Crippen LogP contribution in [0.25, 0.3) is 0 Å². The Morgan fingerprint density at radius 2 is 2.09 bits per heavy atom. The Hall–Kier alpha value is -2.08. The second kappa shape index (κ2) is 8.53. The lowest BCUT2D eigenvalue weighted by Gasteiger charge is -2.28. The van der Waals surface area contributed by atoms with Crippen LogP contribution in [-0.4, -0.2) is 59.2 Å². The van der Waals surface area contributed by atoms with Gasteiger partial charge in [0, 0.05) is 19.6 Å². The summed E-state index contributed by atoms with van der Waals surface area (Å²) in [5.74, 6) is -0.115. The van der Waals surface area contributed by atoms with Crippen molar-refractivity contribution in [2.24, 2.45) is 0 Å². The molecule has 1 aliphatic heterocycles. The third-order valence-electron chi connectivity index (χ3n) is 4.04. The maximum absolute atomic E-state index is 12.5. The number of aliphatic hydroxyl groups is 1. The fourth-order valence-electron chi connectivity index (χ4n) is 2.80. The van der Waals surface area contributed by atoms with Crippen LogP contribution in [-0.2, 0) is 16.1 Å². The number of rotatable bonds is 6. The van der Waals surface area contributed by atoms with Gasteiger partial charge in [-0.15, -0.1) is 0 Å². The van der Waals surface area contributed by atoms with Crippen molar-refractivity contribution in [2.45, 2.75) is 32.4 Å². The van der Waals surface area contributed by atoms with Crippen molar-refractivity contribution < 1.29 is 19.4 Å². The van der Waals surface area contributed by atoms with Gasteiger partial charge in [-0.3, -0.25) is 9.69 Å². The molecule has 0 bridgehead atoms. The maximum atomic E-state index is 12.5. The Morgan fingerprint density at radius 3 is 2.74 bits per heavy atom. The molecule has 23 heavy (non-hydrogen) atoms. The van der Waals surface area contributed by atoms with E-state index in [0.29, 0.717) is 26.1 Å². The zero-order valence-electron chi connectivity index (χ0n) is 13.5. The number of likely N-dealkylation sites (tertiary alicyclic amines) is 1. The summed E-state index contributed by atoms with van der Waals surface area (Å²) in [6, 6.07) is 8.98. The molecule has 6 heteroatoms. The van der Waals surface area contributed by atoms with E-state index in [1.54, 1.807) is 4.90 Å². The fourth-order valence-corrected chi connectivity index (χ4v) is 2.80. The van der Waals surface area contributed by atoms with Crippen LogP contribution in [0.3, 0.4) is 0 Å². The summed E-state index contributed by atoms with van der Waals surface area (Å²) in [5, 5.41) is 9.05. The van der Waals surface area contributed by atoms with Crippen LogP contribution in [0.2, 0.25) is 0 Å². The largest absolute Gasteiger partial charge is 0.445 e. The predicted molar refractivity (Wildman–Crippen MR) is 85.7 cm³/mol. The molecule has 0 aliphatic carbocycles. The minimum Gasteiger partial charge on any atom is -0.445 e. The number of ether oxygens (including phenoxy) is 1. The van der Waals surface area contributed by atoms with E-state index in [1.807, 2.05) is 37.3 Å². The number of benzene rings is 1. The van der Waals surface area contributed by atoms with Crippen molar-refractivity contribution in [3.63, 3.8) is 0 Å². The summed E-state index contributed by atoms with van der Waals surface area (Å²) in [6.07, 6.45) is 0.971. The van der Waals surface area contributed by atoms with Gasteiger partial charge >= 0.3 is 6.09 Å².